The van der Waals surface area contributed by atoms with E-state index in [1.165, 1.54) is 5.56 Å². The van der Waals surface area contributed by atoms with E-state index in [2.05, 4.69) is 194 Å². The van der Waals surface area contributed by atoms with Crippen molar-refractivity contribution in [2.75, 3.05) is 86.1 Å². The fraction of sp³-hybridized carbons (Fsp3) is 0.282. The van der Waals surface area contributed by atoms with E-state index in [-0.39, 0.29) is 19.5 Å². The first-order chi connectivity index (χ1) is 42.9. The minimum atomic E-state index is -0.589. The second-order valence-electron chi connectivity index (χ2n) is 19.2. The zero-order valence-electron chi connectivity index (χ0n) is 48.8. The van der Waals surface area contributed by atoms with Crippen molar-refractivity contribution in [3.63, 3.8) is 0 Å². The number of benzene rings is 2. The van der Waals surface area contributed by atoms with E-state index < -0.39 is 11.7 Å². The Morgan fingerprint density at radius 3 is 1.36 bits per heavy atom. The first-order valence-corrected chi connectivity index (χ1v) is 28.1. The van der Waals surface area contributed by atoms with Gasteiger partial charge in [0.25, 0.3) is 0 Å². The van der Waals surface area contributed by atoms with Crippen molar-refractivity contribution < 1.29 is 19.0 Å². The third-order valence-corrected chi connectivity index (χ3v) is 12.1. The Bertz CT molecular complexity index is 4200. The van der Waals surface area contributed by atoms with Gasteiger partial charge in [-0.3, -0.25) is 0 Å². The molecule has 2 atom stereocenters. The average molecular weight is 1220 g/mol. The number of halogens is 2. The molecule has 16 nitrogen and oxygen atoms in total. The van der Waals surface area contributed by atoms with Crippen molar-refractivity contribution in [3.8, 4) is 143 Å². The van der Waals surface area contributed by atoms with E-state index in [0.717, 1.165) is 41.7 Å². The highest BCUT2D eigenvalue weighted by atomic mass is 35.5. The summed E-state index contributed by atoms with van der Waals surface area (Å²) in [6.07, 6.45) is 9.15. The fourth-order valence-corrected chi connectivity index (χ4v) is 8.18. The van der Waals surface area contributed by atoms with Gasteiger partial charge in [0, 0.05) is 104 Å². The lowest BCUT2D eigenvalue weighted by Crippen LogP contribution is -2.44. The molecule has 18 heteroatoms. The number of nitrogens with two attached hydrogens (primary N) is 1. The van der Waals surface area contributed by atoms with E-state index in [9.17, 15) is 4.79 Å². The molecule has 2 aliphatic rings. The summed E-state index contributed by atoms with van der Waals surface area (Å²) < 4.78 is 16.4. The quantitative estimate of drug-likeness (QED) is 0.0645. The number of nitrogens with zero attached hydrogens (tertiary/aromatic N) is 8. The van der Waals surface area contributed by atoms with Gasteiger partial charge in [-0.15, -0.1) is 6.42 Å². The van der Waals surface area contributed by atoms with Gasteiger partial charge in [-0.1, -0.05) is 97.2 Å². The molecule has 2 aliphatic heterocycles. The topological polar surface area (TPSA) is 191 Å². The maximum absolute atomic E-state index is 12.6. The summed E-state index contributed by atoms with van der Waals surface area (Å²) in [7, 11) is 0. The monoisotopic (exact) mass is 1220 g/mol. The number of fused-ring (bicyclic) bond motifs is 2. The minimum absolute atomic E-state index is 0. The lowest BCUT2D eigenvalue weighted by Gasteiger charge is -2.28. The van der Waals surface area contributed by atoms with Crippen molar-refractivity contribution >= 4 is 74.6 Å². The van der Waals surface area contributed by atoms with Crippen molar-refractivity contribution in [2.24, 2.45) is 5.73 Å². The van der Waals surface area contributed by atoms with Crippen LogP contribution >= 0.6 is 23.2 Å². The number of anilines is 4. The number of morpholine rings is 2. The molecule has 0 aliphatic carbocycles. The van der Waals surface area contributed by atoms with Crippen molar-refractivity contribution in [3.05, 3.63) is 107 Å². The van der Waals surface area contributed by atoms with E-state index in [4.69, 9.17) is 59.5 Å². The highest BCUT2D eigenvalue weighted by Gasteiger charge is 2.23. The molecule has 2 saturated heterocycles. The molecule has 0 saturated carbocycles. The van der Waals surface area contributed by atoms with E-state index in [1.807, 2.05) is 81.4 Å². The van der Waals surface area contributed by atoms with Gasteiger partial charge in [0.15, 0.2) is 10.3 Å². The van der Waals surface area contributed by atoms with Gasteiger partial charge in [0.05, 0.1) is 32.5 Å². The highest BCUT2D eigenvalue weighted by molar-refractivity contribution is 6.34. The Kier molecular flexibility index (Phi) is 30.1. The van der Waals surface area contributed by atoms with Gasteiger partial charge in [-0.05, 0) is 159 Å². The Morgan fingerprint density at radius 2 is 0.966 bits per heavy atom. The van der Waals surface area contributed by atoms with Crippen LogP contribution in [0.2, 0.25) is 10.3 Å². The van der Waals surface area contributed by atoms with Crippen LogP contribution in [0, 0.1) is 143 Å². The maximum atomic E-state index is 12.6. The predicted molar refractivity (Wildman–Crippen MR) is 356 cm³/mol. The first-order valence-electron chi connectivity index (χ1n) is 27.4. The van der Waals surface area contributed by atoms with Gasteiger partial charge in [-0.25, -0.2) is 24.7 Å². The number of amides is 1. The van der Waals surface area contributed by atoms with Crippen molar-refractivity contribution in [1.29, 1.82) is 0 Å². The summed E-state index contributed by atoms with van der Waals surface area (Å²) in [5.41, 5.74) is 9.28. The number of pyridine rings is 2. The Hall–Kier alpha value is -10.9. The van der Waals surface area contributed by atoms with Crippen molar-refractivity contribution in [1.82, 2.24) is 35.2 Å². The largest absolute Gasteiger partial charge is 0.444 e. The number of rotatable bonds is 13. The van der Waals surface area contributed by atoms with Gasteiger partial charge in [-0.2, -0.15) is 9.97 Å². The Labute approximate surface area is 532 Å². The fourth-order valence-electron chi connectivity index (χ4n) is 7.78. The molecule has 8 rings (SSSR count). The van der Waals surface area contributed by atoms with Crippen LogP contribution in [0.25, 0.3) is 21.8 Å². The van der Waals surface area contributed by atoms with Gasteiger partial charge in [0.1, 0.15) is 28.3 Å². The predicted octanol–water partition coefficient (Wildman–Crippen LogP) is 7.87. The van der Waals surface area contributed by atoms with Gasteiger partial charge < -0.3 is 45.7 Å². The lowest BCUT2D eigenvalue weighted by atomic mass is 10.1. The van der Waals surface area contributed by atoms with E-state index >= 15 is 0 Å². The molecule has 5 N–H and O–H groups in total. The zero-order chi connectivity index (χ0) is 62.4. The molecule has 444 valence electrons. The van der Waals surface area contributed by atoms with Crippen LogP contribution in [0.1, 0.15) is 46.2 Å². The van der Waals surface area contributed by atoms with Crippen LogP contribution in [0.4, 0.5) is 28.3 Å². The molecule has 0 radical (unpaired) electrons. The summed E-state index contributed by atoms with van der Waals surface area (Å²) in [6.45, 7) is 13.7. The molecular formula is C71H62Cl2N12O4. The summed E-state index contributed by atoms with van der Waals surface area (Å²) in [6, 6.07) is 23.6. The maximum Gasteiger partial charge on any atom is 0.407 e. The molecule has 0 unspecified atom stereocenters. The number of carbonyl (C=O) groups is 1. The first kappa shape index (κ1) is 68.8. The standard InChI is InChI=1S/C25H31ClN6O3.C25H4.C20H23ClN6O.CH4/c1-25(2,3)35-24(33)29-18(15-17-7-5-4-6-8-17)16-28-22-19-9-10-27-21(26)20(19)30-23(31-22)32-11-13-34-14-12-32;1-3-5-7-9-11-13-15-17-19-21-23-25-24-22-20-18-16-14-12-10-8-6-4-2;21-18-17-16(6-7-23-18)19(26-20(25-17)27-8-10-28-11-9-27)24-13-15(22)12-14-4-2-1-3-5-14;/h4-10,18H,11-16H2,1-3H3,(H,29,33)(H,28,30,31);1H,2H3;1-7,15H,8-13,22H2,(H,24,25,26);1H4/t18-;;15-;/m0.0./s1. The molecular weight excluding hydrogens is 1160 g/mol. The number of terminal acetylenes is 1. The third kappa shape index (κ3) is 25.7. The summed E-state index contributed by atoms with van der Waals surface area (Å²) in [5, 5.41) is 12.1. The normalized spacial score (nSPS) is 11.9. The second kappa shape index (κ2) is 38.9. The van der Waals surface area contributed by atoms with Gasteiger partial charge in [0.2, 0.25) is 11.9 Å². The number of aromatic nitrogens is 6. The van der Waals surface area contributed by atoms with Gasteiger partial charge >= 0.3 is 6.09 Å². The van der Waals surface area contributed by atoms with Crippen LogP contribution in [-0.4, -0.2) is 119 Å². The lowest BCUT2D eigenvalue weighted by molar-refractivity contribution is 0.0507. The number of nitrogens with one attached hydrogen (secondary N) is 3. The summed E-state index contributed by atoms with van der Waals surface area (Å²) in [5.74, 6) is 59.4. The molecule has 89 heavy (non-hydrogen) atoms. The van der Waals surface area contributed by atoms with E-state index in [0.29, 0.717) is 98.1 Å². The molecule has 6 heterocycles. The number of hydrogen-bond donors (Lipinski definition) is 4. The Balaban J connectivity index is 0.000000246. The molecule has 0 bridgehead atoms. The molecule has 1 amide bonds. The summed E-state index contributed by atoms with van der Waals surface area (Å²) in [4.78, 5) is 44.0. The van der Waals surface area contributed by atoms with Crippen molar-refractivity contribution in [2.45, 2.75) is 65.6 Å². The zero-order valence-corrected chi connectivity index (χ0v) is 50.4. The number of hydrogen-bond acceptors (Lipinski definition) is 15. The highest BCUT2D eigenvalue weighted by Crippen LogP contribution is 2.29. The van der Waals surface area contributed by atoms with E-state index in [1.54, 1.807) is 19.3 Å². The molecule has 2 aromatic carbocycles. The minimum Gasteiger partial charge on any atom is -0.444 e. The molecule has 2 fully saturated rings. The van der Waals surface area contributed by atoms with Crippen LogP contribution in [-0.2, 0) is 27.1 Å². The molecule has 4 aromatic heterocycles. The third-order valence-electron chi connectivity index (χ3n) is 11.6. The smallest absolute Gasteiger partial charge is 0.407 e. The van der Waals surface area contributed by atoms with Crippen LogP contribution in [0.5, 0.6) is 0 Å². The Morgan fingerprint density at radius 1 is 0.584 bits per heavy atom. The van der Waals surface area contributed by atoms with Crippen LogP contribution in [0.3, 0.4) is 0 Å². The second-order valence-corrected chi connectivity index (χ2v) is 19.9. The van der Waals surface area contributed by atoms with Crippen LogP contribution in [0.15, 0.2) is 85.2 Å². The summed E-state index contributed by atoms with van der Waals surface area (Å²) >= 11 is 12.7. The molecule has 6 aromatic rings. The molecule has 0 spiro atoms. The van der Waals surface area contributed by atoms with Crippen LogP contribution < -0.4 is 31.5 Å². The SMILES string of the molecule is C.C#CC#CC#CC#CC#CC#CC#CC#CC#CC#CC#CC#CC.CC(C)(C)OC(=O)N[C@H](CNc1nc(N2CCOCC2)nc2c(Cl)nccc12)Cc1ccccc1.N[C@H](CNc1nc(N2CCOCC2)nc2c(Cl)nccc12)Cc1ccccc1. The number of carbonyl (C=O) groups excluding carboxylic acids is 1. The average Bonchev–Trinajstić information content (AvgIpc) is 1.31. The number of alkyl carbamates (subject to hydrolysis) is 1. The number of ether oxygens (including phenoxy) is 3.